The number of nitrogens with zero attached hydrogens (tertiary/aromatic N) is 3. The Morgan fingerprint density at radius 3 is 2.26 bits per heavy atom. The maximum Gasteiger partial charge on any atom is 0.168 e. The summed E-state index contributed by atoms with van der Waals surface area (Å²) >= 11 is 0. The lowest BCUT2D eigenvalue weighted by Gasteiger charge is -2.20. The Kier molecular flexibility index (Phi) is 6.81. The number of sulfone groups is 1. The molecule has 1 aliphatic carbocycles. The number of hydrogen-bond acceptors (Lipinski definition) is 8. The maximum absolute atomic E-state index is 13.3. The smallest absolute Gasteiger partial charge is 0.168 e. The molecule has 0 unspecified atom stereocenters. The molecule has 0 saturated heterocycles. The second-order valence-electron chi connectivity index (χ2n) is 8.36. The van der Waals surface area contributed by atoms with Gasteiger partial charge in [0.1, 0.15) is 28.7 Å². The fourth-order valence-electron chi connectivity index (χ4n) is 3.99. The number of aromatic nitrogens is 3. The van der Waals surface area contributed by atoms with Crippen LogP contribution in [0.3, 0.4) is 0 Å². The summed E-state index contributed by atoms with van der Waals surface area (Å²) in [4.78, 5) is 0. The number of ether oxygens (including phenoxy) is 3. The standard InChI is InChI=1S/C24H29N3O6S/c1-15(23(28)16-11-12-16)34(29,30)14-21-25-26-24(17-7-5-8-18(13-17)31-2)27(21)22-19(32-3)9-6-10-20(22)33-4/h5-10,13,15-16,23,28H,11-12,14H2,1-4H3/t15-,23-/m1/s1. The van der Waals surface area contributed by atoms with Crippen LogP contribution in [-0.4, -0.2) is 61.0 Å². The van der Waals surface area contributed by atoms with E-state index in [-0.39, 0.29) is 11.7 Å². The first kappa shape index (κ1) is 24.0. The van der Waals surface area contributed by atoms with Gasteiger partial charge in [-0.3, -0.25) is 4.57 Å². The van der Waals surface area contributed by atoms with E-state index in [0.29, 0.717) is 34.3 Å². The van der Waals surface area contributed by atoms with Crippen molar-refractivity contribution in [1.29, 1.82) is 0 Å². The normalized spacial score (nSPS) is 15.6. The zero-order valence-corrected chi connectivity index (χ0v) is 20.4. The quantitative estimate of drug-likeness (QED) is 0.464. The monoisotopic (exact) mass is 487 g/mol. The Morgan fingerprint density at radius 1 is 1.03 bits per heavy atom. The molecule has 1 N–H and O–H groups in total. The van der Waals surface area contributed by atoms with Gasteiger partial charge in [-0.15, -0.1) is 10.2 Å². The third-order valence-electron chi connectivity index (χ3n) is 6.17. The predicted octanol–water partition coefficient (Wildman–Crippen LogP) is 3.03. The zero-order valence-electron chi connectivity index (χ0n) is 19.6. The summed E-state index contributed by atoms with van der Waals surface area (Å²) in [5, 5.41) is 18.2. The van der Waals surface area contributed by atoms with Crippen LogP contribution < -0.4 is 14.2 Å². The van der Waals surface area contributed by atoms with E-state index in [2.05, 4.69) is 10.2 Å². The second-order valence-corrected chi connectivity index (χ2v) is 10.7. The molecular weight excluding hydrogens is 458 g/mol. The van der Waals surface area contributed by atoms with Gasteiger partial charge in [-0.2, -0.15) is 0 Å². The average Bonchev–Trinajstić information content (AvgIpc) is 3.63. The van der Waals surface area contributed by atoms with Gasteiger partial charge in [-0.05, 0) is 49.9 Å². The molecule has 1 fully saturated rings. The molecule has 0 spiro atoms. The summed E-state index contributed by atoms with van der Waals surface area (Å²) in [5.74, 6) is 1.77. The first-order chi connectivity index (χ1) is 16.3. The van der Waals surface area contributed by atoms with Crippen molar-refractivity contribution in [2.24, 2.45) is 5.92 Å². The van der Waals surface area contributed by atoms with Crippen molar-refractivity contribution in [2.45, 2.75) is 36.9 Å². The summed E-state index contributed by atoms with van der Waals surface area (Å²) in [6.07, 6.45) is 0.783. The molecule has 0 bridgehead atoms. The van der Waals surface area contributed by atoms with Crippen LogP contribution in [0.1, 0.15) is 25.6 Å². The van der Waals surface area contributed by atoms with Crippen LogP contribution in [0.25, 0.3) is 17.1 Å². The van der Waals surface area contributed by atoms with Crippen LogP contribution in [0.5, 0.6) is 17.2 Å². The van der Waals surface area contributed by atoms with Gasteiger partial charge in [0.15, 0.2) is 21.5 Å². The molecule has 2 atom stereocenters. The summed E-state index contributed by atoms with van der Waals surface area (Å²) in [6.45, 7) is 1.55. The van der Waals surface area contributed by atoms with Crippen molar-refractivity contribution in [2.75, 3.05) is 21.3 Å². The molecule has 2 aromatic carbocycles. The van der Waals surface area contributed by atoms with Gasteiger partial charge in [-0.25, -0.2) is 8.42 Å². The van der Waals surface area contributed by atoms with Gasteiger partial charge in [0, 0.05) is 5.56 Å². The number of aliphatic hydroxyl groups excluding tert-OH is 1. The Hall–Kier alpha value is -3.11. The maximum atomic E-state index is 13.3. The molecule has 10 heteroatoms. The number of aliphatic hydroxyl groups is 1. The molecular formula is C24H29N3O6S. The van der Waals surface area contributed by atoms with Gasteiger partial charge in [0.05, 0.1) is 32.7 Å². The molecule has 34 heavy (non-hydrogen) atoms. The van der Waals surface area contributed by atoms with Crippen molar-refractivity contribution in [3.63, 3.8) is 0 Å². The number of para-hydroxylation sites is 1. The van der Waals surface area contributed by atoms with Crippen molar-refractivity contribution in [3.8, 4) is 34.3 Å². The summed E-state index contributed by atoms with van der Waals surface area (Å²) < 4.78 is 44.7. The topological polar surface area (TPSA) is 113 Å². The number of hydrogen-bond donors (Lipinski definition) is 1. The highest BCUT2D eigenvalue weighted by Crippen LogP contribution is 2.38. The predicted molar refractivity (Wildman–Crippen MR) is 127 cm³/mol. The summed E-state index contributed by atoms with van der Waals surface area (Å²) in [6, 6.07) is 12.5. The molecule has 4 rings (SSSR count). The van der Waals surface area contributed by atoms with Gasteiger partial charge in [0.2, 0.25) is 0 Å². The molecule has 9 nitrogen and oxygen atoms in total. The van der Waals surface area contributed by atoms with Crippen molar-refractivity contribution in [1.82, 2.24) is 14.8 Å². The molecule has 0 radical (unpaired) electrons. The lowest BCUT2D eigenvalue weighted by Crippen LogP contribution is -2.34. The van der Waals surface area contributed by atoms with E-state index in [0.717, 1.165) is 12.8 Å². The number of benzene rings is 2. The van der Waals surface area contributed by atoms with E-state index < -0.39 is 26.9 Å². The number of rotatable bonds is 10. The summed E-state index contributed by atoms with van der Waals surface area (Å²) in [5.41, 5.74) is 1.16. The van der Waals surface area contributed by atoms with Crippen LogP contribution in [0.4, 0.5) is 0 Å². The Balaban J connectivity index is 1.88. The van der Waals surface area contributed by atoms with Crippen LogP contribution in [0, 0.1) is 5.92 Å². The van der Waals surface area contributed by atoms with Crippen molar-refractivity contribution < 1.29 is 27.7 Å². The molecule has 1 aliphatic rings. The summed E-state index contributed by atoms with van der Waals surface area (Å²) in [7, 11) is 0.871. The highest BCUT2D eigenvalue weighted by atomic mass is 32.2. The van der Waals surface area contributed by atoms with Crippen molar-refractivity contribution >= 4 is 9.84 Å². The van der Waals surface area contributed by atoms with Crippen molar-refractivity contribution in [3.05, 3.63) is 48.3 Å². The van der Waals surface area contributed by atoms with Crippen LogP contribution in [-0.2, 0) is 15.6 Å². The first-order valence-corrected chi connectivity index (χ1v) is 12.7. The minimum Gasteiger partial charge on any atom is -0.497 e. The second kappa shape index (κ2) is 9.63. The van der Waals surface area contributed by atoms with Gasteiger partial charge in [-0.1, -0.05) is 18.2 Å². The Labute approximate surface area is 199 Å². The van der Waals surface area contributed by atoms with E-state index >= 15 is 0 Å². The molecule has 1 saturated carbocycles. The van der Waals surface area contributed by atoms with E-state index in [1.165, 1.54) is 14.2 Å². The average molecular weight is 488 g/mol. The van der Waals surface area contributed by atoms with E-state index in [4.69, 9.17) is 14.2 Å². The molecule has 182 valence electrons. The first-order valence-electron chi connectivity index (χ1n) is 11.0. The Bertz CT molecular complexity index is 1250. The third-order valence-corrected chi connectivity index (χ3v) is 8.24. The van der Waals surface area contributed by atoms with E-state index in [1.54, 1.807) is 48.9 Å². The van der Waals surface area contributed by atoms with Crippen LogP contribution in [0.15, 0.2) is 42.5 Å². The van der Waals surface area contributed by atoms with Gasteiger partial charge in [0.25, 0.3) is 0 Å². The highest BCUT2D eigenvalue weighted by molar-refractivity contribution is 7.91. The molecule has 0 amide bonds. The lowest BCUT2D eigenvalue weighted by molar-refractivity contribution is 0.149. The van der Waals surface area contributed by atoms with E-state index in [9.17, 15) is 13.5 Å². The molecule has 0 aliphatic heterocycles. The molecule has 3 aromatic rings. The molecule has 1 aromatic heterocycles. The number of methoxy groups -OCH3 is 3. The van der Waals surface area contributed by atoms with E-state index in [1.807, 2.05) is 12.1 Å². The van der Waals surface area contributed by atoms with Crippen LogP contribution >= 0.6 is 0 Å². The fourth-order valence-corrected chi connectivity index (χ4v) is 5.45. The van der Waals surface area contributed by atoms with Gasteiger partial charge >= 0.3 is 0 Å². The highest BCUT2D eigenvalue weighted by Gasteiger charge is 2.40. The van der Waals surface area contributed by atoms with Gasteiger partial charge < -0.3 is 19.3 Å². The molecule has 1 heterocycles. The fraction of sp³-hybridized carbons (Fsp3) is 0.417. The third kappa shape index (κ3) is 4.60. The van der Waals surface area contributed by atoms with Crippen LogP contribution in [0.2, 0.25) is 0 Å². The minimum atomic E-state index is -3.75. The Morgan fingerprint density at radius 2 is 1.68 bits per heavy atom. The zero-order chi connectivity index (χ0) is 24.5. The largest absolute Gasteiger partial charge is 0.497 e. The SMILES string of the molecule is COc1cccc(-c2nnc(CS(=O)(=O)[C@H](C)[C@@H](O)C3CC3)n2-c2c(OC)cccc2OC)c1. The minimum absolute atomic E-state index is 0.0318. The lowest BCUT2D eigenvalue weighted by atomic mass is 10.2.